The van der Waals surface area contributed by atoms with Gasteiger partial charge in [-0.25, -0.2) is 0 Å². The second-order valence-electron chi connectivity index (χ2n) is 5.54. The number of ether oxygens (including phenoxy) is 1. The first kappa shape index (κ1) is 14.9. The van der Waals surface area contributed by atoms with Crippen LogP contribution in [-0.4, -0.2) is 37.0 Å². The van der Waals surface area contributed by atoms with Crippen molar-refractivity contribution in [3.63, 3.8) is 0 Å². The molecule has 0 saturated heterocycles. The van der Waals surface area contributed by atoms with E-state index >= 15 is 0 Å². The molecule has 1 aliphatic carbocycles. The van der Waals surface area contributed by atoms with Crippen molar-refractivity contribution in [2.75, 3.05) is 20.2 Å². The molecule has 0 bridgehead atoms. The van der Waals surface area contributed by atoms with Gasteiger partial charge in [0.2, 0.25) is 5.91 Å². The number of hydrogen-bond donors (Lipinski definition) is 1. The summed E-state index contributed by atoms with van der Waals surface area (Å²) in [5.74, 6) is 1.37. The van der Waals surface area contributed by atoms with E-state index in [0.29, 0.717) is 25.5 Å². The number of nitrogens with two attached hydrogens (primary N) is 1. The van der Waals surface area contributed by atoms with Crippen molar-refractivity contribution in [1.29, 1.82) is 0 Å². The number of likely N-dealkylation sites (N-methyl/N-ethyl adjacent to an activating group) is 1. The van der Waals surface area contributed by atoms with Gasteiger partial charge in [0.25, 0.3) is 0 Å². The lowest BCUT2D eigenvalue weighted by Gasteiger charge is -2.21. The van der Waals surface area contributed by atoms with Gasteiger partial charge in [-0.15, -0.1) is 0 Å². The zero-order valence-electron chi connectivity index (χ0n) is 12.1. The molecule has 2 rings (SSSR count). The van der Waals surface area contributed by atoms with Crippen LogP contribution in [0.15, 0.2) is 30.3 Å². The number of hydrogen-bond acceptors (Lipinski definition) is 3. The zero-order chi connectivity index (χ0) is 14.4. The van der Waals surface area contributed by atoms with Gasteiger partial charge in [-0.05, 0) is 30.9 Å². The normalized spacial score (nSPS) is 21.7. The Morgan fingerprint density at radius 3 is 2.75 bits per heavy atom. The van der Waals surface area contributed by atoms with Gasteiger partial charge in [0, 0.05) is 19.5 Å². The number of rotatable bonds is 6. The van der Waals surface area contributed by atoms with Crippen LogP contribution in [0.3, 0.4) is 0 Å². The molecule has 0 heterocycles. The largest absolute Gasteiger partial charge is 0.492 e. The summed E-state index contributed by atoms with van der Waals surface area (Å²) in [6.07, 6.45) is 3.86. The number of para-hydroxylation sites is 1. The Hall–Kier alpha value is -1.55. The lowest BCUT2D eigenvalue weighted by Crippen LogP contribution is -2.35. The summed E-state index contributed by atoms with van der Waals surface area (Å²) in [4.78, 5) is 13.8. The summed E-state index contributed by atoms with van der Waals surface area (Å²) >= 11 is 0. The van der Waals surface area contributed by atoms with Gasteiger partial charge in [-0.1, -0.05) is 24.6 Å². The number of carbonyl (C=O) groups is 1. The van der Waals surface area contributed by atoms with Crippen LogP contribution in [-0.2, 0) is 4.79 Å². The van der Waals surface area contributed by atoms with Crippen LogP contribution in [0, 0.1) is 5.92 Å². The monoisotopic (exact) mass is 276 g/mol. The topological polar surface area (TPSA) is 55.6 Å². The highest BCUT2D eigenvalue weighted by Crippen LogP contribution is 2.27. The Labute approximate surface area is 120 Å². The van der Waals surface area contributed by atoms with E-state index in [0.717, 1.165) is 25.0 Å². The maximum atomic E-state index is 12.1. The van der Waals surface area contributed by atoms with E-state index in [4.69, 9.17) is 10.5 Å². The molecule has 1 fully saturated rings. The molecular weight excluding hydrogens is 252 g/mol. The van der Waals surface area contributed by atoms with E-state index in [1.807, 2.05) is 37.4 Å². The molecule has 110 valence electrons. The molecule has 0 spiro atoms. The molecule has 4 nitrogen and oxygen atoms in total. The van der Waals surface area contributed by atoms with Crippen molar-refractivity contribution >= 4 is 5.91 Å². The third-order valence-corrected chi connectivity index (χ3v) is 4.02. The van der Waals surface area contributed by atoms with Crippen molar-refractivity contribution in [1.82, 2.24) is 4.90 Å². The number of benzene rings is 1. The third-order valence-electron chi connectivity index (χ3n) is 4.02. The van der Waals surface area contributed by atoms with Crippen molar-refractivity contribution in [3.05, 3.63) is 30.3 Å². The quantitative estimate of drug-likeness (QED) is 0.865. The van der Waals surface area contributed by atoms with E-state index in [9.17, 15) is 4.79 Å². The molecule has 1 aliphatic rings. The Balaban J connectivity index is 1.68. The zero-order valence-corrected chi connectivity index (χ0v) is 12.1. The molecule has 1 amide bonds. The van der Waals surface area contributed by atoms with E-state index in [-0.39, 0.29) is 11.9 Å². The summed E-state index contributed by atoms with van der Waals surface area (Å²) in [6, 6.07) is 9.86. The minimum Gasteiger partial charge on any atom is -0.492 e. The van der Waals surface area contributed by atoms with Gasteiger partial charge in [0.05, 0.1) is 6.54 Å². The predicted octanol–water partition coefficient (Wildman–Crippen LogP) is 2.04. The van der Waals surface area contributed by atoms with E-state index < -0.39 is 0 Å². The molecule has 1 aromatic carbocycles. The summed E-state index contributed by atoms with van der Waals surface area (Å²) in [6.45, 7) is 1.12. The van der Waals surface area contributed by atoms with Gasteiger partial charge in [0.1, 0.15) is 12.4 Å². The predicted molar refractivity (Wildman–Crippen MR) is 79.5 cm³/mol. The van der Waals surface area contributed by atoms with E-state index in [1.54, 1.807) is 4.90 Å². The molecule has 2 atom stereocenters. The fraction of sp³-hybridized carbons (Fsp3) is 0.562. The molecule has 1 aromatic rings. The van der Waals surface area contributed by atoms with Crippen LogP contribution >= 0.6 is 0 Å². The highest BCUT2D eigenvalue weighted by Gasteiger charge is 2.27. The van der Waals surface area contributed by atoms with Crippen LogP contribution in [0.25, 0.3) is 0 Å². The Bertz CT molecular complexity index is 422. The molecular formula is C16H24N2O2. The van der Waals surface area contributed by atoms with E-state index in [1.165, 1.54) is 0 Å². The van der Waals surface area contributed by atoms with Gasteiger partial charge in [0.15, 0.2) is 0 Å². The molecule has 0 aliphatic heterocycles. The number of carbonyl (C=O) groups excluding carboxylic acids is 1. The summed E-state index contributed by atoms with van der Waals surface area (Å²) in [7, 11) is 1.83. The fourth-order valence-corrected chi connectivity index (χ4v) is 2.64. The first-order chi connectivity index (χ1) is 9.66. The second-order valence-corrected chi connectivity index (χ2v) is 5.54. The van der Waals surface area contributed by atoms with Crippen molar-refractivity contribution < 1.29 is 9.53 Å². The smallest absolute Gasteiger partial charge is 0.222 e. The first-order valence-corrected chi connectivity index (χ1v) is 7.34. The SMILES string of the molecule is CN(CCOc1ccccc1)C(=O)C[C@@H]1CCC[C@H]1N. The first-order valence-electron chi connectivity index (χ1n) is 7.34. The lowest BCUT2D eigenvalue weighted by molar-refractivity contribution is -0.131. The van der Waals surface area contributed by atoms with Crippen LogP contribution < -0.4 is 10.5 Å². The van der Waals surface area contributed by atoms with E-state index in [2.05, 4.69) is 0 Å². The Morgan fingerprint density at radius 2 is 2.10 bits per heavy atom. The van der Waals surface area contributed by atoms with Crippen molar-refractivity contribution in [3.8, 4) is 5.75 Å². The number of amides is 1. The molecule has 2 N–H and O–H groups in total. The summed E-state index contributed by atoms with van der Waals surface area (Å²) in [5, 5.41) is 0. The summed E-state index contributed by atoms with van der Waals surface area (Å²) < 4.78 is 5.60. The second kappa shape index (κ2) is 7.29. The van der Waals surface area contributed by atoms with Crippen molar-refractivity contribution in [2.45, 2.75) is 31.7 Å². The third kappa shape index (κ3) is 4.23. The molecule has 0 unspecified atom stereocenters. The highest BCUT2D eigenvalue weighted by atomic mass is 16.5. The van der Waals surface area contributed by atoms with Crippen LogP contribution in [0.2, 0.25) is 0 Å². The Kier molecular flexibility index (Phi) is 5.41. The van der Waals surface area contributed by atoms with Gasteiger partial charge >= 0.3 is 0 Å². The molecule has 0 aromatic heterocycles. The summed E-state index contributed by atoms with van der Waals surface area (Å²) in [5.41, 5.74) is 6.01. The molecule has 4 heteroatoms. The lowest BCUT2D eigenvalue weighted by atomic mass is 9.99. The molecule has 0 radical (unpaired) electrons. The standard InChI is InChI=1S/C16H24N2O2/c1-18(10-11-20-14-7-3-2-4-8-14)16(19)12-13-6-5-9-15(13)17/h2-4,7-8,13,15H,5-6,9-12,17H2,1H3/t13-,15+/m0/s1. The highest BCUT2D eigenvalue weighted by molar-refractivity contribution is 5.76. The maximum Gasteiger partial charge on any atom is 0.222 e. The van der Waals surface area contributed by atoms with Gasteiger partial charge < -0.3 is 15.4 Å². The van der Waals surface area contributed by atoms with Gasteiger partial charge in [-0.3, -0.25) is 4.79 Å². The average molecular weight is 276 g/mol. The van der Waals surface area contributed by atoms with Crippen LogP contribution in [0.5, 0.6) is 5.75 Å². The minimum atomic E-state index is 0.170. The maximum absolute atomic E-state index is 12.1. The van der Waals surface area contributed by atoms with Crippen LogP contribution in [0.1, 0.15) is 25.7 Å². The van der Waals surface area contributed by atoms with Crippen molar-refractivity contribution in [2.24, 2.45) is 11.7 Å². The minimum absolute atomic E-state index is 0.170. The molecule has 1 saturated carbocycles. The van der Waals surface area contributed by atoms with Crippen LogP contribution in [0.4, 0.5) is 0 Å². The average Bonchev–Trinajstić information content (AvgIpc) is 2.85. The Morgan fingerprint density at radius 1 is 1.35 bits per heavy atom. The fourth-order valence-electron chi connectivity index (χ4n) is 2.64. The van der Waals surface area contributed by atoms with Gasteiger partial charge in [-0.2, -0.15) is 0 Å². The molecule has 20 heavy (non-hydrogen) atoms. The number of nitrogens with zero attached hydrogens (tertiary/aromatic N) is 1.